The number of β-lactam (4-membered cyclic amide) rings is 1. The molecule has 2 aliphatic rings. The summed E-state index contributed by atoms with van der Waals surface area (Å²) < 4.78 is 4.89. The van der Waals surface area contributed by atoms with Crippen LogP contribution in [-0.2, 0) is 14.3 Å². The van der Waals surface area contributed by atoms with Gasteiger partial charge in [-0.3, -0.25) is 14.5 Å². The quantitative estimate of drug-likeness (QED) is 0.580. The van der Waals surface area contributed by atoms with Crippen molar-refractivity contribution in [1.82, 2.24) is 10.2 Å². The van der Waals surface area contributed by atoms with E-state index < -0.39 is 23.3 Å². The average molecular weight is 348 g/mol. The van der Waals surface area contributed by atoms with Crippen LogP contribution in [0.15, 0.2) is 41.6 Å². The molecule has 1 saturated heterocycles. The molecule has 2 aliphatic heterocycles. The van der Waals surface area contributed by atoms with Gasteiger partial charge >= 0.3 is 5.97 Å². The summed E-state index contributed by atoms with van der Waals surface area (Å²) in [7, 11) is 0. The number of amides is 2. The summed E-state index contributed by atoms with van der Waals surface area (Å²) in [5.74, 6) is -1.37. The smallest absolute Gasteiger partial charge is 0.355 e. The summed E-state index contributed by atoms with van der Waals surface area (Å²) in [6, 6.07) is 7.86. The molecule has 0 radical (unpaired) electrons. The number of thioether (sulfide) groups is 1. The highest BCUT2D eigenvalue weighted by molar-refractivity contribution is 7.99. The van der Waals surface area contributed by atoms with Gasteiger partial charge in [0.1, 0.15) is 23.7 Å². The number of hydrogen-bond acceptors (Lipinski definition) is 6. The van der Waals surface area contributed by atoms with Crippen LogP contribution in [-0.4, -0.2) is 58.7 Å². The summed E-state index contributed by atoms with van der Waals surface area (Å²) in [5.41, 5.74) is 0.923. The van der Waals surface area contributed by atoms with Crippen LogP contribution in [0.3, 0.4) is 0 Å². The number of aliphatic hydroxyl groups excluding tert-OH is 1. The fourth-order valence-corrected chi connectivity index (χ4v) is 3.59. The van der Waals surface area contributed by atoms with Crippen molar-refractivity contribution in [3.63, 3.8) is 0 Å². The number of nitrogens with one attached hydrogen (secondary N) is 1. The van der Waals surface area contributed by atoms with Crippen molar-refractivity contribution >= 4 is 29.5 Å². The van der Waals surface area contributed by atoms with Crippen molar-refractivity contribution in [2.45, 2.75) is 11.4 Å². The number of benzene rings is 1. The lowest BCUT2D eigenvalue weighted by Crippen LogP contribution is -2.69. The molecule has 24 heavy (non-hydrogen) atoms. The number of likely N-dealkylation sites (tertiary alicyclic amines) is 1. The number of carbonyl (C=O) groups is 3. The Balaban J connectivity index is 1.78. The van der Waals surface area contributed by atoms with E-state index in [9.17, 15) is 19.5 Å². The molecule has 1 aromatic carbocycles. The number of aliphatic hydroxyl groups is 1. The maximum atomic E-state index is 12.5. The van der Waals surface area contributed by atoms with E-state index in [2.05, 4.69) is 5.32 Å². The molecule has 1 fully saturated rings. The molecule has 0 aliphatic carbocycles. The van der Waals surface area contributed by atoms with Crippen LogP contribution in [0.5, 0.6) is 0 Å². The third kappa shape index (κ3) is 2.67. The minimum Gasteiger partial charge on any atom is -0.456 e. The van der Waals surface area contributed by atoms with E-state index in [1.165, 1.54) is 16.7 Å². The van der Waals surface area contributed by atoms with E-state index in [0.29, 0.717) is 11.1 Å². The first-order valence-corrected chi connectivity index (χ1v) is 8.59. The van der Waals surface area contributed by atoms with Crippen LogP contribution >= 0.6 is 11.8 Å². The zero-order chi connectivity index (χ0) is 17.3. The van der Waals surface area contributed by atoms with Gasteiger partial charge in [0.05, 0.1) is 6.61 Å². The van der Waals surface area contributed by atoms with Gasteiger partial charge < -0.3 is 15.2 Å². The van der Waals surface area contributed by atoms with Gasteiger partial charge in [-0.15, -0.1) is 11.8 Å². The zero-order valence-electron chi connectivity index (χ0n) is 12.9. The van der Waals surface area contributed by atoms with Crippen LogP contribution in [0.1, 0.15) is 10.4 Å². The van der Waals surface area contributed by atoms with Crippen LogP contribution in [0.2, 0.25) is 0 Å². The lowest BCUT2D eigenvalue weighted by atomic mass is 10.0. The monoisotopic (exact) mass is 348 g/mol. The van der Waals surface area contributed by atoms with E-state index in [1.54, 1.807) is 36.6 Å². The van der Waals surface area contributed by atoms with Gasteiger partial charge in [0.2, 0.25) is 0 Å². The van der Waals surface area contributed by atoms with Gasteiger partial charge in [0, 0.05) is 11.1 Å². The maximum Gasteiger partial charge on any atom is 0.355 e. The molecule has 3 rings (SSSR count). The molecule has 0 spiro atoms. The van der Waals surface area contributed by atoms with E-state index in [1.807, 2.05) is 0 Å². The third-order valence-electron chi connectivity index (χ3n) is 3.94. The second kappa shape index (κ2) is 6.66. The van der Waals surface area contributed by atoms with Crippen molar-refractivity contribution in [2.75, 3.05) is 19.5 Å². The SMILES string of the molecule is CS[C@@H]1[C@@H](NC(=O)c2ccccc2)C(=O)N1C1=C(CO)COC1=O. The first-order valence-electron chi connectivity index (χ1n) is 7.30. The Morgan fingerprint density at radius 3 is 2.71 bits per heavy atom. The Morgan fingerprint density at radius 2 is 2.08 bits per heavy atom. The van der Waals surface area contributed by atoms with Crippen LogP contribution in [0.4, 0.5) is 0 Å². The largest absolute Gasteiger partial charge is 0.456 e. The van der Waals surface area contributed by atoms with Crippen LogP contribution < -0.4 is 5.32 Å². The number of esters is 1. The Bertz CT molecular complexity index is 718. The van der Waals surface area contributed by atoms with Crippen LogP contribution in [0, 0.1) is 0 Å². The molecule has 1 aromatic rings. The Hall–Kier alpha value is -2.32. The van der Waals surface area contributed by atoms with Gasteiger partial charge in [0.15, 0.2) is 0 Å². The maximum absolute atomic E-state index is 12.5. The average Bonchev–Trinajstić information content (AvgIpc) is 2.97. The minimum absolute atomic E-state index is 0.0173. The minimum atomic E-state index is -0.728. The Labute approximate surface area is 142 Å². The number of nitrogens with zero attached hydrogens (tertiary/aromatic N) is 1. The number of hydrogen-bond donors (Lipinski definition) is 2. The molecule has 0 saturated carbocycles. The van der Waals surface area contributed by atoms with Crippen molar-refractivity contribution < 1.29 is 24.2 Å². The molecule has 2 N–H and O–H groups in total. The molecule has 0 bridgehead atoms. The summed E-state index contributed by atoms with van der Waals surface area (Å²) >= 11 is 1.34. The molecule has 8 heteroatoms. The van der Waals surface area contributed by atoms with Crippen molar-refractivity contribution in [3.05, 3.63) is 47.2 Å². The highest BCUT2D eigenvalue weighted by atomic mass is 32.2. The van der Waals surface area contributed by atoms with Crippen LogP contribution in [0.25, 0.3) is 0 Å². The zero-order valence-corrected chi connectivity index (χ0v) is 13.7. The highest BCUT2D eigenvalue weighted by Crippen LogP contribution is 2.35. The molecule has 7 nitrogen and oxygen atoms in total. The van der Waals surface area contributed by atoms with Gasteiger partial charge in [-0.25, -0.2) is 4.79 Å². The van der Waals surface area contributed by atoms with Crippen molar-refractivity contribution in [3.8, 4) is 0 Å². The fourth-order valence-electron chi connectivity index (χ4n) is 2.71. The summed E-state index contributed by atoms with van der Waals surface area (Å²) in [6.07, 6.45) is 1.78. The summed E-state index contributed by atoms with van der Waals surface area (Å²) in [5, 5.41) is 11.6. The normalized spacial score (nSPS) is 23.2. The van der Waals surface area contributed by atoms with E-state index in [4.69, 9.17) is 4.74 Å². The van der Waals surface area contributed by atoms with E-state index in [0.717, 1.165) is 0 Å². The molecule has 126 valence electrons. The van der Waals surface area contributed by atoms with Crippen molar-refractivity contribution in [1.29, 1.82) is 0 Å². The predicted molar refractivity (Wildman–Crippen MR) is 86.9 cm³/mol. The van der Waals surface area contributed by atoms with E-state index in [-0.39, 0.29) is 24.8 Å². The highest BCUT2D eigenvalue weighted by Gasteiger charge is 2.52. The standard InChI is InChI=1S/C16H16N2O5S/c1-24-15-11(17-13(20)9-5-3-2-4-6-9)14(21)18(15)12-10(7-19)8-23-16(12)22/h2-6,11,15,19H,7-8H2,1H3,(H,17,20)/t11-,15+/m0/s1. The lowest BCUT2D eigenvalue weighted by molar-refractivity contribution is -0.148. The molecule has 0 unspecified atom stereocenters. The predicted octanol–water partition coefficient (Wildman–Crippen LogP) is 0.119. The van der Waals surface area contributed by atoms with Gasteiger partial charge in [-0.1, -0.05) is 18.2 Å². The Morgan fingerprint density at radius 1 is 1.38 bits per heavy atom. The second-order valence-electron chi connectivity index (χ2n) is 5.34. The third-order valence-corrected chi connectivity index (χ3v) is 4.91. The van der Waals surface area contributed by atoms with Crippen molar-refractivity contribution in [2.24, 2.45) is 0 Å². The number of cyclic esters (lactones) is 1. The topological polar surface area (TPSA) is 95.9 Å². The number of carbonyl (C=O) groups excluding carboxylic acids is 3. The molecule has 2 amide bonds. The van der Waals surface area contributed by atoms with Gasteiger partial charge in [-0.2, -0.15) is 0 Å². The second-order valence-corrected chi connectivity index (χ2v) is 6.29. The fraction of sp³-hybridized carbons (Fsp3) is 0.312. The first kappa shape index (κ1) is 16.5. The summed E-state index contributed by atoms with van der Waals surface area (Å²) in [6.45, 7) is -0.371. The number of ether oxygens (including phenoxy) is 1. The molecular formula is C16H16N2O5S. The van der Waals surface area contributed by atoms with Gasteiger partial charge in [0.25, 0.3) is 11.8 Å². The van der Waals surface area contributed by atoms with Gasteiger partial charge in [-0.05, 0) is 18.4 Å². The molecule has 2 atom stereocenters. The molecular weight excluding hydrogens is 332 g/mol. The van der Waals surface area contributed by atoms with E-state index >= 15 is 0 Å². The molecule has 2 heterocycles. The lowest BCUT2D eigenvalue weighted by Gasteiger charge is -2.46. The number of rotatable bonds is 5. The first-order chi connectivity index (χ1) is 11.6. The summed E-state index contributed by atoms with van der Waals surface area (Å²) in [4.78, 5) is 37.8. The molecule has 0 aromatic heterocycles. The Kier molecular flexibility index (Phi) is 4.59.